The van der Waals surface area contributed by atoms with E-state index in [2.05, 4.69) is 10.2 Å². The summed E-state index contributed by atoms with van der Waals surface area (Å²) >= 11 is 0. The molecule has 0 atom stereocenters. The van der Waals surface area contributed by atoms with Crippen LogP contribution in [-0.4, -0.2) is 64.5 Å². The second kappa shape index (κ2) is 7.49. The average Bonchev–Trinajstić information content (AvgIpc) is 3.36. The van der Waals surface area contributed by atoms with Gasteiger partial charge in [-0.3, -0.25) is 9.89 Å². The molecule has 0 aliphatic carbocycles. The molecule has 0 spiro atoms. The number of rotatable bonds is 4. The topological polar surface area (TPSA) is 91.3 Å². The highest BCUT2D eigenvalue weighted by Gasteiger charge is 2.31. The Labute approximate surface area is 169 Å². The highest BCUT2D eigenvalue weighted by Crippen LogP contribution is 2.21. The number of benzene rings is 1. The maximum atomic E-state index is 12.8. The van der Waals surface area contributed by atoms with Gasteiger partial charge in [0.15, 0.2) is 0 Å². The summed E-state index contributed by atoms with van der Waals surface area (Å²) in [5, 5.41) is 7.04. The van der Waals surface area contributed by atoms with E-state index < -0.39 is 10.0 Å². The maximum Gasteiger partial charge on any atom is 0.271 e. The van der Waals surface area contributed by atoms with Crippen LogP contribution in [0.5, 0.6) is 0 Å². The summed E-state index contributed by atoms with van der Waals surface area (Å²) < 4.78 is 29.0. The molecule has 152 valence electrons. The number of aryl methyl sites for hydroxylation is 2. The first-order valence-corrected chi connectivity index (χ1v) is 10.8. The first kappa shape index (κ1) is 19.4. The monoisotopic (exact) mass is 413 g/mol. The van der Waals surface area contributed by atoms with Crippen molar-refractivity contribution in [2.45, 2.75) is 11.8 Å². The van der Waals surface area contributed by atoms with Crippen molar-refractivity contribution in [3.05, 3.63) is 59.9 Å². The molecule has 2 aromatic heterocycles. The van der Waals surface area contributed by atoms with Crippen LogP contribution in [0, 0.1) is 6.92 Å². The molecule has 1 fully saturated rings. The summed E-state index contributed by atoms with van der Waals surface area (Å²) in [5.74, 6) is -0.176. The quantitative estimate of drug-likeness (QED) is 0.707. The highest BCUT2D eigenvalue weighted by atomic mass is 32.2. The average molecular weight is 414 g/mol. The van der Waals surface area contributed by atoms with Crippen molar-refractivity contribution >= 4 is 15.9 Å². The number of nitrogens with zero attached hydrogens (tertiary/aromatic N) is 4. The van der Waals surface area contributed by atoms with Crippen LogP contribution in [0.25, 0.3) is 11.4 Å². The van der Waals surface area contributed by atoms with E-state index in [0.717, 1.165) is 11.3 Å². The first-order chi connectivity index (χ1) is 13.9. The van der Waals surface area contributed by atoms with E-state index in [0.29, 0.717) is 24.5 Å². The van der Waals surface area contributed by atoms with E-state index in [1.807, 2.05) is 36.9 Å². The predicted molar refractivity (Wildman–Crippen MR) is 109 cm³/mol. The molecule has 0 unspecified atom stereocenters. The van der Waals surface area contributed by atoms with Crippen LogP contribution in [0.2, 0.25) is 0 Å². The zero-order chi connectivity index (χ0) is 20.6. The lowest BCUT2D eigenvalue weighted by atomic mass is 10.2. The van der Waals surface area contributed by atoms with Crippen LogP contribution in [-0.2, 0) is 17.1 Å². The number of hydrogen-bond acceptors (Lipinski definition) is 4. The number of aromatic amines is 1. The summed E-state index contributed by atoms with van der Waals surface area (Å²) in [7, 11) is -1.63. The number of hydrogen-bond donors (Lipinski definition) is 1. The first-order valence-electron chi connectivity index (χ1n) is 9.39. The van der Waals surface area contributed by atoms with E-state index in [-0.39, 0.29) is 23.9 Å². The summed E-state index contributed by atoms with van der Waals surface area (Å²) in [6, 6.07) is 12.4. The molecule has 4 rings (SSSR count). The minimum atomic E-state index is -3.55. The molecule has 1 aliphatic rings. The number of H-pyrrole nitrogens is 1. The van der Waals surface area contributed by atoms with Gasteiger partial charge in [0.2, 0.25) is 10.0 Å². The van der Waals surface area contributed by atoms with Gasteiger partial charge in [0, 0.05) is 39.4 Å². The molecule has 0 saturated carbocycles. The zero-order valence-electron chi connectivity index (χ0n) is 16.4. The standard InChI is InChI=1S/C20H23N5O3S/c1-15-5-7-16(8-6-15)29(27,28)25-12-10-24(11-13-25)20(26)18-14-17(21-22-18)19-4-3-9-23(19)2/h3-9,14H,10-13H2,1-2H3,(H,21,22). The van der Waals surface area contributed by atoms with Gasteiger partial charge >= 0.3 is 0 Å². The van der Waals surface area contributed by atoms with E-state index >= 15 is 0 Å². The Balaban J connectivity index is 1.43. The lowest BCUT2D eigenvalue weighted by molar-refractivity contribution is 0.0692. The zero-order valence-corrected chi connectivity index (χ0v) is 17.2. The van der Waals surface area contributed by atoms with Crippen LogP contribution in [0.3, 0.4) is 0 Å². The number of nitrogens with one attached hydrogen (secondary N) is 1. The Morgan fingerprint density at radius 2 is 1.76 bits per heavy atom. The Morgan fingerprint density at radius 3 is 2.38 bits per heavy atom. The van der Waals surface area contributed by atoms with Crippen molar-refractivity contribution in [3.63, 3.8) is 0 Å². The number of aromatic nitrogens is 3. The van der Waals surface area contributed by atoms with Crippen LogP contribution in [0.1, 0.15) is 16.1 Å². The highest BCUT2D eigenvalue weighted by molar-refractivity contribution is 7.89. The van der Waals surface area contributed by atoms with Crippen molar-refractivity contribution in [1.29, 1.82) is 0 Å². The summed E-state index contributed by atoms with van der Waals surface area (Å²) in [4.78, 5) is 14.7. The van der Waals surface area contributed by atoms with Crippen molar-refractivity contribution < 1.29 is 13.2 Å². The minimum Gasteiger partial charge on any atom is -0.349 e. The maximum absolute atomic E-state index is 12.8. The fourth-order valence-electron chi connectivity index (χ4n) is 3.45. The second-order valence-corrected chi connectivity index (χ2v) is 9.12. The molecule has 1 N–H and O–H groups in total. The number of sulfonamides is 1. The van der Waals surface area contributed by atoms with Gasteiger partial charge in [-0.2, -0.15) is 9.40 Å². The van der Waals surface area contributed by atoms with Crippen LogP contribution in [0.15, 0.2) is 53.6 Å². The Kier molecular flexibility index (Phi) is 5.01. The van der Waals surface area contributed by atoms with Crippen molar-refractivity contribution in [1.82, 2.24) is 24.0 Å². The molecule has 1 amide bonds. The molecule has 0 bridgehead atoms. The number of carbonyl (C=O) groups excluding carboxylic acids is 1. The molecular formula is C20H23N5O3S. The molecule has 1 aliphatic heterocycles. The van der Waals surface area contributed by atoms with Gasteiger partial charge in [-0.25, -0.2) is 8.42 Å². The Bertz CT molecular complexity index is 1120. The molecule has 29 heavy (non-hydrogen) atoms. The summed E-state index contributed by atoms with van der Waals surface area (Å²) in [6.07, 6.45) is 1.92. The molecule has 1 aromatic carbocycles. The van der Waals surface area contributed by atoms with Gasteiger partial charge in [0.05, 0.1) is 10.6 Å². The number of amides is 1. The largest absolute Gasteiger partial charge is 0.349 e. The lowest BCUT2D eigenvalue weighted by Gasteiger charge is -2.33. The van der Waals surface area contributed by atoms with Crippen LogP contribution >= 0.6 is 0 Å². The third-order valence-electron chi connectivity index (χ3n) is 5.20. The smallest absolute Gasteiger partial charge is 0.271 e. The third kappa shape index (κ3) is 3.70. The molecule has 3 aromatic rings. The third-order valence-corrected chi connectivity index (χ3v) is 7.11. The van der Waals surface area contributed by atoms with Gasteiger partial charge in [0.25, 0.3) is 5.91 Å². The van der Waals surface area contributed by atoms with E-state index in [9.17, 15) is 13.2 Å². The fourth-order valence-corrected chi connectivity index (χ4v) is 4.87. The second-order valence-electron chi connectivity index (χ2n) is 7.18. The van der Waals surface area contributed by atoms with E-state index in [1.165, 1.54) is 4.31 Å². The van der Waals surface area contributed by atoms with Crippen molar-refractivity contribution in [3.8, 4) is 11.4 Å². The van der Waals surface area contributed by atoms with E-state index in [4.69, 9.17) is 0 Å². The Morgan fingerprint density at radius 1 is 1.07 bits per heavy atom. The molecule has 3 heterocycles. The summed E-state index contributed by atoms with van der Waals surface area (Å²) in [5.41, 5.74) is 3.01. The molecular weight excluding hydrogens is 390 g/mol. The van der Waals surface area contributed by atoms with Gasteiger partial charge in [0.1, 0.15) is 11.4 Å². The lowest BCUT2D eigenvalue weighted by Crippen LogP contribution is -2.50. The molecule has 0 radical (unpaired) electrons. The van der Waals surface area contributed by atoms with Gasteiger partial charge < -0.3 is 9.47 Å². The minimum absolute atomic E-state index is 0.176. The fraction of sp³-hybridized carbons (Fsp3) is 0.300. The Hall–Kier alpha value is -2.91. The molecule has 1 saturated heterocycles. The van der Waals surface area contributed by atoms with Crippen LogP contribution in [0.4, 0.5) is 0 Å². The predicted octanol–water partition coefficient (Wildman–Crippen LogP) is 1.87. The van der Waals surface area contributed by atoms with Crippen molar-refractivity contribution in [2.24, 2.45) is 7.05 Å². The van der Waals surface area contributed by atoms with Gasteiger partial charge in [-0.05, 0) is 37.3 Å². The normalized spacial score (nSPS) is 15.6. The van der Waals surface area contributed by atoms with Gasteiger partial charge in [-0.1, -0.05) is 17.7 Å². The summed E-state index contributed by atoms with van der Waals surface area (Å²) in [6.45, 7) is 3.12. The van der Waals surface area contributed by atoms with Gasteiger partial charge in [-0.15, -0.1) is 0 Å². The molecule has 9 heteroatoms. The SMILES string of the molecule is Cc1ccc(S(=O)(=O)N2CCN(C(=O)c3cc(-c4cccn4C)n[nH]3)CC2)cc1. The van der Waals surface area contributed by atoms with E-state index in [1.54, 1.807) is 35.2 Å². The number of carbonyl (C=O) groups is 1. The van der Waals surface area contributed by atoms with Crippen molar-refractivity contribution in [2.75, 3.05) is 26.2 Å². The number of piperazine rings is 1. The van der Waals surface area contributed by atoms with Crippen LogP contribution < -0.4 is 0 Å². The molecule has 8 nitrogen and oxygen atoms in total.